The van der Waals surface area contributed by atoms with Crippen molar-refractivity contribution in [2.45, 2.75) is 38.4 Å². The number of nitrogens with zero attached hydrogens (tertiary/aromatic N) is 3. The van der Waals surface area contributed by atoms with Crippen LogP contribution >= 0.6 is 11.6 Å². The van der Waals surface area contributed by atoms with E-state index >= 15 is 0 Å². The number of aryl methyl sites for hydroxylation is 1. The lowest BCUT2D eigenvalue weighted by atomic mass is 9.93. The van der Waals surface area contributed by atoms with E-state index in [4.69, 9.17) is 16.3 Å². The Labute approximate surface area is 160 Å². The van der Waals surface area contributed by atoms with Gasteiger partial charge in [-0.3, -0.25) is 4.90 Å². The molecule has 1 aliphatic heterocycles. The van der Waals surface area contributed by atoms with Crippen LogP contribution < -0.4 is 10.1 Å². The fourth-order valence-electron chi connectivity index (χ4n) is 4.33. The molecule has 5 nitrogen and oxygen atoms in total. The number of imidazole rings is 1. The predicted octanol–water partition coefficient (Wildman–Crippen LogP) is 3.23. The van der Waals surface area contributed by atoms with E-state index in [1.54, 1.807) is 7.11 Å². The first kappa shape index (κ1) is 17.8. The first-order valence-electron chi connectivity index (χ1n) is 9.35. The number of hydrogen-bond acceptors (Lipinski definition) is 4. The van der Waals surface area contributed by atoms with Crippen molar-refractivity contribution in [2.24, 2.45) is 12.5 Å². The second-order valence-corrected chi connectivity index (χ2v) is 8.06. The molecule has 1 atom stereocenters. The van der Waals surface area contributed by atoms with Crippen LogP contribution in [-0.4, -0.2) is 40.7 Å². The summed E-state index contributed by atoms with van der Waals surface area (Å²) < 4.78 is 7.51. The number of nitrogens with one attached hydrogen (secondary N) is 1. The first-order chi connectivity index (χ1) is 12.6. The molecule has 2 heterocycles. The zero-order valence-corrected chi connectivity index (χ0v) is 16.3. The molecule has 1 aliphatic carbocycles. The molecule has 1 saturated heterocycles. The van der Waals surface area contributed by atoms with Gasteiger partial charge in [-0.25, -0.2) is 4.98 Å². The van der Waals surface area contributed by atoms with Gasteiger partial charge in [0.25, 0.3) is 0 Å². The van der Waals surface area contributed by atoms with Crippen molar-refractivity contribution in [3.63, 3.8) is 0 Å². The molecule has 1 unspecified atom stereocenters. The van der Waals surface area contributed by atoms with Gasteiger partial charge in [0.15, 0.2) is 0 Å². The molecular formula is C20H27ClN4O. The predicted molar refractivity (Wildman–Crippen MR) is 103 cm³/mol. The van der Waals surface area contributed by atoms with Crippen LogP contribution in [0.15, 0.2) is 30.6 Å². The molecule has 4 rings (SSSR count). The van der Waals surface area contributed by atoms with E-state index in [-0.39, 0.29) is 0 Å². The second kappa shape index (κ2) is 7.22. The summed E-state index contributed by atoms with van der Waals surface area (Å²) in [6.45, 7) is 3.93. The maximum absolute atomic E-state index is 6.50. The highest BCUT2D eigenvalue weighted by Crippen LogP contribution is 2.56. The van der Waals surface area contributed by atoms with Crippen molar-refractivity contribution < 1.29 is 4.74 Å². The minimum atomic E-state index is 0.474. The van der Waals surface area contributed by atoms with Crippen LogP contribution in [0.1, 0.15) is 30.7 Å². The molecule has 2 aromatic rings. The van der Waals surface area contributed by atoms with Crippen LogP contribution in [0.2, 0.25) is 5.02 Å². The van der Waals surface area contributed by atoms with Crippen LogP contribution in [0, 0.1) is 5.41 Å². The first-order valence-corrected chi connectivity index (χ1v) is 9.72. The van der Waals surface area contributed by atoms with Gasteiger partial charge in [0, 0.05) is 37.1 Å². The Morgan fingerprint density at radius 3 is 2.85 bits per heavy atom. The monoisotopic (exact) mass is 374 g/mol. The van der Waals surface area contributed by atoms with E-state index in [9.17, 15) is 0 Å². The smallest absolute Gasteiger partial charge is 0.122 e. The molecule has 1 aromatic carbocycles. The normalized spacial score (nSPS) is 21.3. The summed E-state index contributed by atoms with van der Waals surface area (Å²) in [7, 11) is 3.76. The topological polar surface area (TPSA) is 42.3 Å². The van der Waals surface area contributed by atoms with Crippen LogP contribution in [0.4, 0.5) is 0 Å². The number of rotatable bonds is 6. The Morgan fingerprint density at radius 2 is 2.15 bits per heavy atom. The maximum atomic E-state index is 6.50. The van der Waals surface area contributed by atoms with Gasteiger partial charge >= 0.3 is 0 Å². The van der Waals surface area contributed by atoms with Crippen LogP contribution in [-0.2, 0) is 20.1 Å². The largest absolute Gasteiger partial charge is 0.497 e. The fraction of sp³-hybridized carbons (Fsp3) is 0.550. The number of benzene rings is 1. The molecule has 1 saturated carbocycles. The van der Waals surface area contributed by atoms with Gasteiger partial charge in [-0.1, -0.05) is 11.6 Å². The summed E-state index contributed by atoms with van der Waals surface area (Å²) in [6, 6.07) is 6.51. The third kappa shape index (κ3) is 3.48. The quantitative estimate of drug-likeness (QED) is 0.843. The zero-order valence-electron chi connectivity index (χ0n) is 15.5. The number of methoxy groups -OCH3 is 1. The molecule has 1 N–H and O–H groups in total. The zero-order chi connectivity index (χ0) is 18.1. The van der Waals surface area contributed by atoms with E-state index in [0.29, 0.717) is 11.5 Å². The Balaban J connectivity index is 1.58. The Bertz CT molecular complexity index is 769. The number of hydrogen-bond donors (Lipinski definition) is 1. The SMILES string of the molecule is COc1ccc(Cl)c(CN(Cc2nccn2C)C2CC23CCNCC3)c1. The summed E-state index contributed by atoms with van der Waals surface area (Å²) in [5.41, 5.74) is 1.60. The summed E-state index contributed by atoms with van der Waals surface area (Å²) in [4.78, 5) is 7.11. The Kier molecular flexibility index (Phi) is 4.95. The molecule has 0 bridgehead atoms. The lowest BCUT2D eigenvalue weighted by Gasteiger charge is -2.29. The van der Waals surface area contributed by atoms with E-state index in [2.05, 4.69) is 32.9 Å². The minimum absolute atomic E-state index is 0.474. The summed E-state index contributed by atoms with van der Waals surface area (Å²) >= 11 is 6.50. The van der Waals surface area contributed by atoms with Gasteiger partial charge in [0.05, 0.1) is 13.7 Å². The van der Waals surface area contributed by atoms with Crippen molar-refractivity contribution in [3.8, 4) is 5.75 Å². The maximum Gasteiger partial charge on any atom is 0.122 e. The van der Waals surface area contributed by atoms with Crippen molar-refractivity contribution in [3.05, 3.63) is 47.0 Å². The number of ether oxygens (including phenoxy) is 1. The molecule has 2 fully saturated rings. The number of piperidine rings is 1. The summed E-state index contributed by atoms with van der Waals surface area (Å²) in [5.74, 6) is 1.95. The molecule has 1 spiro atoms. The highest BCUT2D eigenvalue weighted by Gasteiger charge is 2.56. The average Bonchev–Trinajstić information content (AvgIpc) is 3.18. The number of aromatic nitrogens is 2. The molecule has 0 radical (unpaired) electrons. The van der Waals surface area contributed by atoms with Gasteiger partial charge in [0.2, 0.25) is 0 Å². The van der Waals surface area contributed by atoms with Gasteiger partial charge in [-0.15, -0.1) is 0 Å². The average molecular weight is 375 g/mol. The van der Waals surface area contributed by atoms with Crippen LogP contribution in [0.3, 0.4) is 0 Å². The van der Waals surface area contributed by atoms with Crippen molar-refractivity contribution in [1.29, 1.82) is 0 Å². The highest BCUT2D eigenvalue weighted by molar-refractivity contribution is 6.31. The highest BCUT2D eigenvalue weighted by atomic mass is 35.5. The molecule has 26 heavy (non-hydrogen) atoms. The van der Waals surface area contributed by atoms with E-state index in [0.717, 1.165) is 48.3 Å². The molecule has 1 aromatic heterocycles. The molecule has 6 heteroatoms. The summed E-state index contributed by atoms with van der Waals surface area (Å²) in [5, 5.41) is 4.30. The van der Waals surface area contributed by atoms with E-state index in [1.807, 2.05) is 24.5 Å². The summed E-state index contributed by atoms with van der Waals surface area (Å²) in [6.07, 6.45) is 7.69. The van der Waals surface area contributed by atoms with Crippen LogP contribution in [0.25, 0.3) is 0 Å². The molecule has 0 amide bonds. The third-order valence-corrected chi connectivity index (χ3v) is 6.45. The minimum Gasteiger partial charge on any atom is -0.497 e. The lowest BCUT2D eigenvalue weighted by Crippen LogP contribution is -2.36. The van der Waals surface area contributed by atoms with Crippen molar-refractivity contribution in [1.82, 2.24) is 19.8 Å². The molecular weight excluding hydrogens is 348 g/mol. The van der Waals surface area contributed by atoms with Gasteiger partial charge in [-0.05, 0) is 61.5 Å². The Hall–Kier alpha value is -1.56. The van der Waals surface area contributed by atoms with Gasteiger partial charge in [0.1, 0.15) is 11.6 Å². The van der Waals surface area contributed by atoms with Crippen LogP contribution in [0.5, 0.6) is 5.75 Å². The lowest BCUT2D eigenvalue weighted by molar-refractivity contribution is 0.182. The molecule has 140 valence electrons. The van der Waals surface area contributed by atoms with Gasteiger partial charge in [-0.2, -0.15) is 0 Å². The molecule has 2 aliphatic rings. The number of halogens is 1. The Morgan fingerprint density at radius 1 is 1.35 bits per heavy atom. The van der Waals surface area contributed by atoms with Gasteiger partial charge < -0.3 is 14.6 Å². The fourth-order valence-corrected chi connectivity index (χ4v) is 4.51. The second-order valence-electron chi connectivity index (χ2n) is 7.65. The van der Waals surface area contributed by atoms with E-state index in [1.165, 1.54) is 19.3 Å². The van der Waals surface area contributed by atoms with Crippen molar-refractivity contribution in [2.75, 3.05) is 20.2 Å². The standard InChI is InChI=1S/C20H27ClN4O/c1-24-10-9-23-19(24)14-25(18-12-20(18)5-7-22-8-6-20)13-15-11-16(26-2)3-4-17(15)21/h3-4,9-11,18,22H,5-8,12-14H2,1-2H3. The van der Waals surface area contributed by atoms with E-state index < -0.39 is 0 Å². The van der Waals surface area contributed by atoms with Crippen molar-refractivity contribution >= 4 is 11.6 Å². The third-order valence-electron chi connectivity index (χ3n) is 6.08.